The van der Waals surface area contributed by atoms with Crippen LogP contribution in [0.4, 0.5) is 0 Å². The Balaban J connectivity index is 1.20. The molecule has 0 atom stereocenters. The van der Waals surface area contributed by atoms with E-state index in [1.807, 2.05) is 18.2 Å². The Labute approximate surface area is 293 Å². The van der Waals surface area contributed by atoms with Crippen molar-refractivity contribution in [3.05, 3.63) is 175 Å². The Morgan fingerprint density at radius 2 is 0.961 bits per heavy atom. The molecule has 0 radical (unpaired) electrons. The highest BCUT2D eigenvalue weighted by molar-refractivity contribution is 6.19. The molecule has 5 nitrogen and oxygen atoms in total. The molecule has 0 amide bonds. The molecule has 0 aliphatic heterocycles. The van der Waals surface area contributed by atoms with Crippen molar-refractivity contribution in [3.63, 3.8) is 0 Å². The Morgan fingerprint density at radius 3 is 1.73 bits per heavy atom. The van der Waals surface area contributed by atoms with Crippen LogP contribution in [0.15, 0.2) is 164 Å². The fourth-order valence-electron chi connectivity index (χ4n) is 8.10. The number of nitrogens with zero attached hydrogens (tertiary/aromatic N) is 5. The van der Waals surface area contributed by atoms with Gasteiger partial charge < -0.3 is 4.57 Å². The summed E-state index contributed by atoms with van der Waals surface area (Å²) < 4.78 is 4.58. The van der Waals surface area contributed by atoms with Crippen molar-refractivity contribution in [2.24, 2.45) is 0 Å². The summed E-state index contributed by atoms with van der Waals surface area (Å²) in [5.74, 6) is 1.89. The van der Waals surface area contributed by atoms with Crippen LogP contribution in [0.5, 0.6) is 0 Å². The van der Waals surface area contributed by atoms with Gasteiger partial charge in [-0.05, 0) is 71.1 Å². The van der Waals surface area contributed by atoms with Gasteiger partial charge >= 0.3 is 0 Å². The van der Waals surface area contributed by atoms with Crippen molar-refractivity contribution in [2.45, 2.75) is 6.42 Å². The number of rotatable bonds is 4. The summed E-state index contributed by atoms with van der Waals surface area (Å²) in [5.41, 5.74) is 12.7. The minimum Gasteiger partial charge on any atom is -0.309 e. The normalized spacial score (nSPS) is 12.2. The SMILES string of the molecule is c1ccc(-c2nc(-c3ccc4c(c3)Cc3ccccc3-4)nc(-n3c4ccccc4c4cc5c6ccccc6n(-c6ccccc6)c5cc43)n2)cc1. The largest absolute Gasteiger partial charge is 0.309 e. The molecule has 1 aliphatic rings. The Bertz CT molecular complexity index is 2990. The van der Waals surface area contributed by atoms with Gasteiger partial charge in [-0.15, -0.1) is 0 Å². The summed E-state index contributed by atoms with van der Waals surface area (Å²) in [6.45, 7) is 0. The fourth-order valence-corrected chi connectivity index (χ4v) is 8.10. The average molecular weight is 652 g/mol. The van der Waals surface area contributed by atoms with Gasteiger partial charge in [0.05, 0.1) is 22.1 Å². The highest BCUT2D eigenvalue weighted by atomic mass is 15.2. The summed E-state index contributed by atoms with van der Waals surface area (Å²) in [6, 6.07) is 58.0. The maximum atomic E-state index is 5.28. The number of aromatic nitrogens is 5. The van der Waals surface area contributed by atoms with E-state index in [9.17, 15) is 0 Å². The topological polar surface area (TPSA) is 48.5 Å². The van der Waals surface area contributed by atoms with E-state index in [0.717, 1.165) is 50.6 Å². The monoisotopic (exact) mass is 651 g/mol. The average Bonchev–Trinajstić information content (AvgIpc) is 3.84. The minimum atomic E-state index is 0.593. The molecular formula is C46H29N5. The van der Waals surface area contributed by atoms with Crippen LogP contribution in [-0.2, 0) is 6.42 Å². The van der Waals surface area contributed by atoms with Crippen LogP contribution in [0.1, 0.15) is 11.1 Å². The molecule has 3 aromatic heterocycles. The summed E-state index contributed by atoms with van der Waals surface area (Å²) in [5, 5.41) is 4.75. The molecule has 10 aromatic rings. The van der Waals surface area contributed by atoms with Gasteiger partial charge in [-0.25, -0.2) is 4.98 Å². The number of para-hydroxylation sites is 3. The second-order valence-electron chi connectivity index (χ2n) is 13.3. The summed E-state index contributed by atoms with van der Waals surface area (Å²) in [6.07, 6.45) is 0.904. The van der Waals surface area contributed by atoms with Crippen LogP contribution >= 0.6 is 0 Å². The molecule has 0 saturated carbocycles. The van der Waals surface area contributed by atoms with Gasteiger partial charge in [0.1, 0.15) is 0 Å². The van der Waals surface area contributed by atoms with E-state index in [2.05, 4.69) is 155 Å². The van der Waals surface area contributed by atoms with Crippen molar-refractivity contribution in [1.82, 2.24) is 24.1 Å². The van der Waals surface area contributed by atoms with E-state index in [1.54, 1.807) is 0 Å². The molecule has 51 heavy (non-hydrogen) atoms. The Kier molecular flexibility index (Phi) is 5.95. The molecule has 11 rings (SSSR count). The lowest BCUT2D eigenvalue weighted by molar-refractivity contribution is 0.953. The van der Waals surface area contributed by atoms with Gasteiger partial charge in [0, 0.05) is 38.4 Å². The van der Waals surface area contributed by atoms with E-state index in [4.69, 9.17) is 15.0 Å². The highest BCUT2D eigenvalue weighted by Gasteiger charge is 2.23. The van der Waals surface area contributed by atoms with Crippen molar-refractivity contribution in [2.75, 3.05) is 0 Å². The lowest BCUT2D eigenvalue weighted by Gasteiger charge is -2.12. The number of fused-ring (bicyclic) bond motifs is 9. The van der Waals surface area contributed by atoms with E-state index in [0.29, 0.717) is 17.6 Å². The van der Waals surface area contributed by atoms with E-state index in [1.165, 1.54) is 38.5 Å². The summed E-state index contributed by atoms with van der Waals surface area (Å²) in [4.78, 5) is 15.6. The third kappa shape index (κ3) is 4.25. The third-order valence-corrected chi connectivity index (χ3v) is 10.4. The smallest absolute Gasteiger partial charge is 0.238 e. The molecule has 0 spiro atoms. The lowest BCUT2D eigenvalue weighted by atomic mass is 10.0. The lowest BCUT2D eigenvalue weighted by Crippen LogP contribution is -2.06. The quantitative estimate of drug-likeness (QED) is 0.190. The maximum absolute atomic E-state index is 5.28. The van der Waals surface area contributed by atoms with Crippen LogP contribution in [0, 0.1) is 0 Å². The second kappa shape index (κ2) is 10.8. The number of benzene rings is 7. The van der Waals surface area contributed by atoms with Crippen LogP contribution in [-0.4, -0.2) is 24.1 Å². The molecule has 1 aliphatic carbocycles. The fraction of sp³-hybridized carbons (Fsp3) is 0.0217. The first-order chi connectivity index (χ1) is 25.3. The highest BCUT2D eigenvalue weighted by Crippen LogP contribution is 2.41. The predicted octanol–water partition coefficient (Wildman–Crippen LogP) is 11.0. The third-order valence-electron chi connectivity index (χ3n) is 10.4. The van der Waals surface area contributed by atoms with E-state index in [-0.39, 0.29) is 0 Å². The zero-order valence-corrected chi connectivity index (χ0v) is 27.5. The predicted molar refractivity (Wildman–Crippen MR) is 208 cm³/mol. The van der Waals surface area contributed by atoms with Crippen LogP contribution in [0.3, 0.4) is 0 Å². The Hall–Kier alpha value is -6.85. The standard InChI is InChI=1S/C46H29N5/c1-3-13-29(14-4-1)44-47-45(31-23-24-35-32(26-31)25-30-15-7-8-18-34(30)35)49-46(48-44)51-41-22-12-10-20-37(41)39-27-38-36-19-9-11-21-40(36)50(42(38)28-43(39)51)33-16-5-2-6-17-33/h1-24,26-28H,25H2. The molecular weight excluding hydrogens is 623 g/mol. The van der Waals surface area contributed by atoms with Crippen LogP contribution in [0.25, 0.3) is 89.2 Å². The van der Waals surface area contributed by atoms with Crippen molar-refractivity contribution in [1.29, 1.82) is 0 Å². The molecule has 0 saturated heterocycles. The van der Waals surface area contributed by atoms with Crippen LogP contribution < -0.4 is 0 Å². The van der Waals surface area contributed by atoms with Gasteiger partial charge in [0.15, 0.2) is 11.6 Å². The first-order valence-electron chi connectivity index (χ1n) is 17.3. The van der Waals surface area contributed by atoms with Gasteiger partial charge in [-0.3, -0.25) is 4.57 Å². The van der Waals surface area contributed by atoms with Gasteiger partial charge in [-0.2, -0.15) is 9.97 Å². The second-order valence-corrected chi connectivity index (χ2v) is 13.3. The molecule has 238 valence electrons. The van der Waals surface area contributed by atoms with Crippen molar-refractivity contribution < 1.29 is 0 Å². The van der Waals surface area contributed by atoms with Gasteiger partial charge in [-0.1, -0.05) is 121 Å². The van der Waals surface area contributed by atoms with Crippen molar-refractivity contribution in [3.8, 4) is 45.5 Å². The van der Waals surface area contributed by atoms with E-state index >= 15 is 0 Å². The minimum absolute atomic E-state index is 0.593. The van der Waals surface area contributed by atoms with Gasteiger partial charge in [0.2, 0.25) is 5.95 Å². The zero-order valence-electron chi connectivity index (χ0n) is 27.5. The summed E-state index contributed by atoms with van der Waals surface area (Å²) >= 11 is 0. The molecule has 3 heterocycles. The van der Waals surface area contributed by atoms with Gasteiger partial charge in [0.25, 0.3) is 0 Å². The Morgan fingerprint density at radius 1 is 0.373 bits per heavy atom. The van der Waals surface area contributed by atoms with Crippen LogP contribution in [0.2, 0.25) is 0 Å². The molecule has 0 unspecified atom stereocenters. The number of hydrogen-bond acceptors (Lipinski definition) is 3. The summed E-state index contributed by atoms with van der Waals surface area (Å²) in [7, 11) is 0. The van der Waals surface area contributed by atoms with E-state index < -0.39 is 0 Å². The molecule has 0 bridgehead atoms. The molecule has 0 fully saturated rings. The molecule has 5 heteroatoms. The maximum Gasteiger partial charge on any atom is 0.238 e. The molecule has 7 aromatic carbocycles. The van der Waals surface area contributed by atoms with Crippen molar-refractivity contribution >= 4 is 43.6 Å². The number of hydrogen-bond donors (Lipinski definition) is 0. The zero-order chi connectivity index (χ0) is 33.5. The molecule has 0 N–H and O–H groups in total. The first kappa shape index (κ1) is 28.0. The first-order valence-corrected chi connectivity index (χ1v) is 17.3.